The van der Waals surface area contributed by atoms with Crippen LogP contribution in [0.25, 0.3) is 0 Å². The molecule has 1 aromatic rings. The van der Waals surface area contributed by atoms with Crippen LogP contribution in [0.2, 0.25) is 0 Å². The van der Waals surface area contributed by atoms with Gasteiger partial charge in [-0.3, -0.25) is 9.69 Å². The lowest BCUT2D eigenvalue weighted by Crippen LogP contribution is -2.48. The maximum atomic E-state index is 12.2. The van der Waals surface area contributed by atoms with E-state index in [1.54, 1.807) is 11.3 Å². The molecule has 0 amide bonds. The number of nitrogens with zero attached hydrogens (tertiary/aromatic N) is 1. The highest BCUT2D eigenvalue weighted by Crippen LogP contribution is 2.20. The Morgan fingerprint density at radius 2 is 2.20 bits per heavy atom. The van der Waals surface area contributed by atoms with Crippen LogP contribution in [0.15, 0.2) is 16.8 Å². The second-order valence-corrected chi connectivity index (χ2v) is 5.03. The van der Waals surface area contributed by atoms with Crippen molar-refractivity contribution in [2.75, 3.05) is 14.1 Å². The van der Waals surface area contributed by atoms with E-state index in [0.717, 1.165) is 12.0 Å². The van der Waals surface area contributed by atoms with Crippen LogP contribution in [-0.4, -0.2) is 30.3 Å². The van der Waals surface area contributed by atoms with Gasteiger partial charge in [0, 0.05) is 6.42 Å². The van der Waals surface area contributed by atoms with Crippen molar-refractivity contribution in [2.24, 2.45) is 0 Å². The van der Waals surface area contributed by atoms with Crippen molar-refractivity contribution in [2.45, 2.75) is 32.2 Å². The van der Waals surface area contributed by atoms with Crippen molar-refractivity contribution in [1.82, 2.24) is 4.90 Å². The summed E-state index contributed by atoms with van der Waals surface area (Å²) in [6.07, 6.45) is 1.40. The van der Waals surface area contributed by atoms with Crippen LogP contribution in [-0.2, 0) is 11.2 Å². The Balaban J connectivity index is 2.74. The average Bonchev–Trinajstić information content (AvgIpc) is 2.68. The molecule has 0 aliphatic heterocycles. The van der Waals surface area contributed by atoms with Crippen molar-refractivity contribution in [3.8, 4) is 0 Å². The van der Waals surface area contributed by atoms with Gasteiger partial charge in [0.2, 0.25) is 0 Å². The summed E-state index contributed by atoms with van der Waals surface area (Å²) in [5.74, 6) is 0.299. The monoisotopic (exact) mass is 225 g/mol. The standard InChI is InChI=1S/C12H19NOS/c1-5-12(2,13(3)4)11(14)8-10-6-7-15-9-10/h6-7,9H,5,8H2,1-4H3. The second kappa shape index (κ2) is 4.90. The Hall–Kier alpha value is -0.670. The second-order valence-electron chi connectivity index (χ2n) is 4.25. The molecule has 0 spiro atoms. The largest absolute Gasteiger partial charge is 0.297 e. The molecule has 0 N–H and O–H groups in total. The van der Waals surface area contributed by atoms with E-state index in [0.29, 0.717) is 12.2 Å². The van der Waals surface area contributed by atoms with Crippen LogP contribution in [0.5, 0.6) is 0 Å². The van der Waals surface area contributed by atoms with Gasteiger partial charge in [0.05, 0.1) is 5.54 Å². The van der Waals surface area contributed by atoms with E-state index in [1.807, 2.05) is 42.7 Å². The summed E-state index contributed by atoms with van der Waals surface area (Å²) < 4.78 is 0. The van der Waals surface area contributed by atoms with Crippen molar-refractivity contribution in [3.05, 3.63) is 22.4 Å². The zero-order chi connectivity index (χ0) is 11.5. The van der Waals surface area contributed by atoms with Gasteiger partial charge < -0.3 is 0 Å². The number of carbonyl (C=O) groups excluding carboxylic acids is 1. The first-order valence-electron chi connectivity index (χ1n) is 5.22. The van der Waals surface area contributed by atoms with Crippen LogP contribution < -0.4 is 0 Å². The van der Waals surface area contributed by atoms with Gasteiger partial charge in [0.15, 0.2) is 5.78 Å². The summed E-state index contributed by atoms with van der Waals surface area (Å²) in [7, 11) is 3.93. The van der Waals surface area contributed by atoms with Crippen LogP contribution in [0, 0.1) is 0 Å². The molecule has 1 unspecified atom stereocenters. The van der Waals surface area contributed by atoms with Crippen molar-refractivity contribution >= 4 is 17.1 Å². The molecular formula is C12H19NOS. The van der Waals surface area contributed by atoms with Gasteiger partial charge >= 0.3 is 0 Å². The molecule has 84 valence electrons. The Labute approximate surface area is 95.9 Å². The Morgan fingerprint density at radius 1 is 1.53 bits per heavy atom. The molecule has 1 heterocycles. The van der Waals surface area contributed by atoms with E-state index in [-0.39, 0.29) is 5.54 Å². The summed E-state index contributed by atoms with van der Waals surface area (Å²) in [5.41, 5.74) is 0.800. The van der Waals surface area contributed by atoms with Crippen LogP contribution >= 0.6 is 11.3 Å². The molecule has 0 aliphatic carbocycles. The number of carbonyl (C=O) groups is 1. The zero-order valence-electron chi connectivity index (χ0n) is 9.91. The van der Waals surface area contributed by atoms with Gasteiger partial charge in [0.25, 0.3) is 0 Å². The SMILES string of the molecule is CCC(C)(C(=O)Cc1ccsc1)N(C)C. The Morgan fingerprint density at radius 3 is 2.60 bits per heavy atom. The minimum Gasteiger partial charge on any atom is -0.297 e. The molecule has 0 fully saturated rings. The fourth-order valence-electron chi connectivity index (χ4n) is 1.53. The highest BCUT2D eigenvalue weighted by atomic mass is 32.1. The first kappa shape index (κ1) is 12.4. The van der Waals surface area contributed by atoms with E-state index in [9.17, 15) is 4.79 Å². The summed E-state index contributed by atoms with van der Waals surface area (Å²) in [5, 5.41) is 4.06. The third-order valence-corrected chi connectivity index (χ3v) is 3.95. The van der Waals surface area contributed by atoms with Gasteiger partial charge in [0.1, 0.15) is 0 Å². The van der Waals surface area contributed by atoms with Gasteiger partial charge in [-0.1, -0.05) is 6.92 Å². The fraction of sp³-hybridized carbons (Fsp3) is 0.583. The third kappa shape index (κ3) is 2.67. The average molecular weight is 225 g/mol. The predicted octanol–water partition coefficient (Wildman–Crippen LogP) is 2.59. The summed E-state index contributed by atoms with van der Waals surface area (Å²) in [4.78, 5) is 14.2. The van der Waals surface area contributed by atoms with Crippen LogP contribution in [0.1, 0.15) is 25.8 Å². The summed E-state index contributed by atoms with van der Waals surface area (Å²) in [6, 6.07) is 2.02. The summed E-state index contributed by atoms with van der Waals surface area (Å²) >= 11 is 1.64. The lowest BCUT2D eigenvalue weighted by atomic mass is 9.88. The number of hydrogen-bond acceptors (Lipinski definition) is 3. The van der Waals surface area contributed by atoms with E-state index in [4.69, 9.17) is 0 Å². The quantitative estimate of drug-likeness (QED) is 0.767. The predicted molar refractivity (Wildman–Crippen MR) is 65.4 cm³/mol. The van der Waals surface area contributed by atoms with Crippen molar-refractivity contribution < 1.29 is 4.79 Å². The molecule has 2 nitrogen and oxygen atoms in total. The number of ketones is 1. The smallest absolute Gasteiger partial charge is 0.157 e. The molecular weight excluding hydrogens is 206 g/mol. The first-order valence-corrected chi connectivity index (χ1v) is 6.16. The zero-order valence-corrected chi connectivity index (χ0v) is 10.7. The van der Waals surface area contributed by atoms with Gasteiger partial charge in [-0.15, -0.1) is 0 Å². The number of hydrogen-bond donors (Lipinski definition) is 0. The minimum absolute atomic E-state index is 0.299. The van der Waals surface area contributed by atoms with E-state index in [2.05, 4.69) is 6.92 Å². The molecule has 0 saturated heterocycles. The molecule has 3 heteroatoms. The number of likely N-dealkylation sites (N-methyl/N-ethyl adjacent to an activating group) is 1. The molecule has 1 rings (SSSR count). The fourth-order valence-corrected chi connectivity index (χ4v) is 2.20. The molecule has 0 aliphatic rings. The molecule has 0 radical (unpaired) electrons. The molecule has 0 aromatic carbocycles. The van der Waals surface area contributed by atoms with Crippen LogP contribution in [0.3, 0.4) is 0 Å². The van der Waals surface area contributed by atoms with E-state index < -0.39 is 0 Å². The maximum absolute atomic E-state index is 12.2. The van der Waals surface area contributed by atoms with Crippen LogP contribution in [0.4, 0.5) is 0 Å². The highest BCUT2D eigenvalue weighted by molar-refractivity contribution is 7.08. The maximum Gasteiger partial charge on any atom is 0.157 e. The minimum atomic E-state index is -0.331. The molecule has 0 bridgehead atoms. The lowest BCUT2D eigenvalue weighted by molar-refractivity contribution is -0.128. The van der Waals surface area contributed by atoms with E-state index in [1.165, 1.54) is 0 Å². The molecule has 1 atom stereocenters. The van der Waals surface area contributed by atoms with Crippen molar-refractivity contribution in [3.63, 3.8) is 0 Å². The summed E-state index contributed by atoms with van der Waals surface area (Å²) in [6.45, 7) is 4.08. The van der Waals surface area contributed by atoms with E-state index >= 15 is 0 Å². The third-order valence-electron chi connectivity index (χ3n) is 3.22. The normalized spacial score (nSPS) is 15.3. The lowest BCUT2D eigenvalue weighted by Gasteiger charge is -2.34. The molecule has 15 heavy (non-hydrogen) atoms. The topological polar surface area (TPSA) is 20.3 Å². The van der Waals surface area contributed by atoms with Gasteiger partial charge in [-0.25, -0.2) is 0 Å². The first-order chi connectivity index (χ1) is 7.00. The Bertz CT molecular complexity index is 318. The molecule has 1 aromatic heterocycles. The highest BCUT2D eigenvalue weighted by Gasteiger charge is 2.32. The van der Waals surface area contributed by atoms with Gasteiger partial charge in [-0.2, -0.15) is 11.3 Å². The van der Waals surface area contributed by atoms with Crippen molar-refractivity contribution in [1.29, 1.82) is 0 Å². The number of rotatable bonds is 5. The number of thiophene rings is 1. The van der Waals surface area contributed by atoms with Gasteiger partial charge in [-0.05, 0) is 49.8 Å². The Kier molecular flexibility index (Phi) is 4.05. The number of Topliss-reactive ketones (excluding diaryl/α,β-unsaturated/α-hetero) is 1. The molecule has 0 saturated carbocycles.